The molecule has 0 aliphatic carbocycles. The van der Waals surface area contributed by atoms with E-state index in [-0.39, 0.29) is 23.6 Å². The third-order valence-electron chi connectivity index (χ3n) is 6.15. The van der Waals surface area contributed by atoms with Crippen LogP contribution >= 0.6 is 0 Å². The van der Waals surface area contributed by atoms with Crippen molar-refractivity contribution in [2.45, 2.75) is 45.1 Å². The summed E-state index contributed by atoms with van der Waals surface area (Å²) in [5.74, 6) is -0.467. The molecule has 3 rings (SSSR count). The van der Waals surface area contributed by atoms with E-state index < -0.39 is 5.41 Å². The number of hydrogen-bond acceptors (Lipinski definition) is 2. The first-order chi connectivity index (χ1) is 13.8. The van der Waals surface area contributed by atoms with Crippen LogP contribution in [0.3, 0.4) is 0 Å². The molecular formula is C24H30F2N2O. The molecule has 1 aliphatic heterocycles. The van der Waals surface area contributed by atoms with Gasteiger partial charge < -0.3 is 5.32 Å². The van der Waals surface area contributed by atoms with Crippen molar-refractivity contribution in [3.63, 3.8) is 0 Å². The maximum Gasteiger partial charge on any atom is 0.234 e. The highest BCUT2D eigenvalue weighted by atomic mass is 19.1. The monoisotopic (exact) mass is 400 g/mol. The minimum absolute atomic E-state index is 0.166. The number of amides is 1. The van der Waals surface area contributed by atoms with E-state index in [0.29, 0.717) is 23.6 Å². The number of carbonyl (C=O) groups is 1. The van der Waals surface area contributed by atoms with Gasteiger partial charge in [0.2, 0.25) is 5.91 Å². The van der Waals surface area contributed by atoms with Gasteiger partial charge in [-0.05, 0) is 74.2 Å². The molecule has 1 fully saturated rings. The zero-order valence-corrected chi connectivity index (χ0v) is 17.4. The average molecular weight is 401 g/mol. The molecule has 29 heavy (non-hydrogen) atoms. The molecule has 156 valence electrons. The average Bonchev–Trinajstić information content (AvgIpc) is 3.22. The van der Waals surface area contributed by atoms with Gasteiger partial charge in [-0.15, -0.1) is 0 Å². The lowest BCUT2D eigenvalue weighted by molar-refractivity contribution is -0.125. The maximum atomic E-state index is 13.5. The van der Waals surface area contributed by atoms with Crippen molar-refractivity contribution < 1.29 is 13.6 Å². The molecule has 1 aliphatic rings. The van der Waals surface area contributed by atoms with Crippen molar-refractivity contribution in [3.05, 3.63) is 71.3 Å². The van der Waals surface area contributed by atoms with Crippen molar-refractivity contribution in [3.8, 4) is 0 Å². The number of hydrogen-bond donors (Lipinski definition) is 1. The lowest BCUT2D eigenvalue weighted by Crippen LogP contribution is -2.50. The third-order valence-corrected chi connectivity index (χ3v) is 6.15. The Morgan fingerprint density at radius 3 is 1.83 bits per heavy atom. The Balaban J connectivity index is 1.88. The number of nitrogens with one attached hydrogen (secondary N) is 1. The highest BCUT2D eigenvalue weighted by molar-refractivity contribution is 5.91. The van der Waals surface area contributed by atoms with Gasteiger partial charge in [-0.3, -0.25) is 9.69 Å². The number of nitrogens with zero attached hydrogens (tertiary/aromatic N) is 1. The van der Waals surface area contributed by atoms with Crippen LogP contribution in [0.25, 0.3) is 0 Å². The van der Waals surface area contributed by atoms with E-state index in [9.17, 15) is 13.6 Å². The van der Waals surface area contributed by atoms with Crippen LogP contribution in [0.15, 0.2) is 48.5 Å². The van der Waals surface area contributed by atoms with E-state index in [1.165, 1.54) is 37.1 Å². The lowest BCUT2D eigenvalue weighted by Gasteiger charge is -2.34. The molecular weight excluding hydrogens is 370 g/mol. The molecule has 2 aromatic carbocycles. The number of halogens is 2. The van der Waals surface area contributed by atoms with Crippen LogP contribution < -0.4 is 5.32 Å². The number of benzene rings is 2. The molecule has 0 spiro atoms. The SMILES string of the molecule is CC(C)C(CNC(=O)C(C)(c1ccc(F)cc1)c1ccc(F)cc1)N1CCCC1. The van der Waals surface area contributed by atoms with Gasteiger partial charge >= 0.3 is 0 Å². The number of likely N-dealkylation sites (tertiary alicyclic amines) is 1. The summed E-state index contributed by atoms with van der Waals surface area (Å²) in [6, 6.07) is 12.2. The Bertz CT molecular complexity index is 766. The van der Waals surface area contributed by atoms with E-state index in [0.717, 1.165) is 13.1 Å². The van der Waals surface area contributed by atoms with Gasteiger partial charge in [-0.25, -0.2) is 8.78 Å². The van der Waals surface area contributed by atoms with Gasteiger partial charge in [0.25, 0.3) is 0 Å². The quantitative estimate of drug-likeness (QED) is 0.742. The molecule has 1 amide bonds. The highest BCUT2D eigenvalue weighted by Crippen LogP contribution is 2.33. The summed E-state index contributed by atoms with van der Waals surface area (Å²) in [7, 11) is 0. The predicted molar refractivity (Wildman–Crippen MR) is 112 cm³/mol. The normalized spacial score (nSPS) is 16.2. The Hall–Kier alpha value is -2.27. The van der Waals surface area contributed by atoms with Crippen LogP contribution in [0, 0.1) is 17.6 Å². The molecule has 1 N–H and O–H groups in total. The molecule has 0 aromatic heterocycles. The zero-order valence-electron chi connectivity index (χ0n) is 17.4. The molecule has 0 bridgehead atoms. The fourth-order valence-electron chi connectivity index (χ4n) is 4.23. The molecule has 1 unspecified atom stereocenters. The summed E-state index contributed by atoms with van der Waals surface area (Å²) in [5, 5.41) is 3.14. The van der Waals surface area contributed by atoms with Crippen LogP contribution in [0.5, 0.6) is 0 Å². The molecule has 1 saturated heterocycles. The van der Waals surface area contributed by atoms with E-state index >= 15 is 0 Å². The third kappa shape index (κ3) is 4.67. The largest absolute Gasteiger partial charge is 0.353 e. The van der Waals surface area contributed by atoms with Gasteiger partial charge in [0.05, 0.1) is 5.41 Å². The topological polar surface area (TPSA) is 32.3 Å². The minimum Gasteiger partial charge on any atom is -0.353 e. The van der Waals surface area contributed by atoms with Crippen molar-refractivity contribution in [2.24, 2.45) is 5.92 Å². The standard InChI is InChI=1S/C24H30F2N2O/c1-17(2)22(28-14-4-5-15-28)16-27-23(29)24(3,18-6-10-20(25)11-7-18)19-8-12-21(26)13-9-19/h6-13,17,22H,4-5,14-16H2,1-3H3,(H,27,29). The van der Waals surface area contributed by atoms with E-state index in [4.69, 9.17) is 0 Å². The smallest absolute Gasteiger partial charge is 0.234 e. The van der Waals surface area contributed by atoms with Crippen LogP contribution in [-0.4, -0.2) is 36.5 Å². The van der Waals surface area contributed by atoms with Gasteiger partial charge in [0.15, 0.2) is 0 Å². The van der Waals surface area contributed by atoms with E-state index in [1.807, 2.05) is 6.92 Å². The van der Waals surface area contributed by atoms with Gasteiger partial charge in [0, 0.05) is 12.6 Å². The van der Waals surface area contributed by atoms with Gasteiger partial charge in [0.1, 0.15) is 11.6 Å². The summed E-state index contributed by atoms with van der Waals surface area (Å²) in [5.41, 5.74) is 0.295. The summed E-state index contributed by atoms with van der Waals surface area (Å²) in [4.78, 5) is 15.9. The number of carbonyl (C=O) groups excluding carboxylic acids is 1. The van der Waals surface area contributed by atoms with Crippen molar-refractivity contribution in [1.29, 1.82) is 0 Å². The summed E-state index contributed by atoms with van der Waals surface area (Å²) in [6.07, 6.45) is 2.39. The second kappa shape index (κ2) is 9.04. The molecule has 3 nitrogen and oxygen atoms in total. The van der Waals surface area contributed by atoms with Gasteiger partial charge in [-0.1, -0.05) is 38.1 Å². The molecule has 1 heterocycles. The minimum atomic E-state index is -1.05. The van der Waals surface area contributed by atoms with E-state index in [1.54, 1.807) is 24.3 Å². The fraction of sp³-hybridized carbons (Fsp3) is 0.458. The molecule has 5 heteroatoms. The summed E-state index contributed by atoms with van der Waals surface area (Å²) < 4.78 is 27.0. The van der Waals surface area contributed by atoms with E-state index in [2.05, 4.69) is 24.1 Å². The second-order valence-corrected chi connectivity index (χ2v) is 8.40. The van der Waals surface area contributed by atoms with Gasteiger partial charge in [-0.2, -0.15) is 0 Å². The first kappa shape index (κ1) is 21.4. The molecule has 1 atom stereocenters. The summed E-state index contributed by atoms with van der Waals surface area (Å²) >= 11 is 0. The van der Waals surface area contributed by atoms with Crippen molar-refractivity contribution in [1.82, 2.24) is 10.2 Å². The second-order valence-electron chi connectivity index (χ2n) is 8.40. The van der Waals surface area contributed by atoms with Crippen molar-refractivity contribution in [2.75, 3.05) is 19.6 Å². The number of rotatable bonds is 7. The first-order valence-corrected chi connectivity index (χ1v) is 10.4. The Labute approximate surface area is 172 Å². The molecule has 2 aromatic rings. The van der Waals surface area contributed by atoms with Crippen LogP contribution in [0.1, 0.15) is 44.7 Å². The molecule has 0 saturated carbocycles. The predicted octanol–water partition coefficient (Wildman–Crippen LogP) is 4.51. The Morgan fingerprint density at radius 2 is 1.41 bits per heavy atom. The fourth-order valence-corrected chi connectivity index (χ4v) is 4.23. The first-order valence-electron chi connectivity index (χ1n) is 10.4. The summed E-state index contributed by atoms with van der Waals surface area (Å²) in [6.45, 7) is 8.83. The van der Waals surface area contributed by atoms with Crippen LogP contribution in [-0.2, 0) is 10.2 Å². The molecule has 0 radical (unpaired) electrons. The maximum absolute atomic E-state index is 13.5. The van der Waals surface area contributed by atoms with Crippen LogP contribution in [0.2, 0.25) is 0 Å². The van der Waals surface area contributed by atoms with Crippen LogP contribution in [0.4, 0.5) is 8.78 Å². The Morgan fingerprint density at radius 1 is 0.966 bits per heavy atom. The zero-order chi connectivity index (χ0) is 21.0. The highest BCUT2D eigenvalue weighted by Gasteiger charge is 2.38. The lowest BCUT2D eigenvalue weighted by atomic mass is 9.75. The van der Waals surface area contributed by atoms with Crippen molar-refractivity contribution >= 4 is 5.91 Å². The Kier molecular flexibility index (Phi) is 6.68.